The third-order valence-electron chi connectivity index (χ3n) is 4.48. The van der Waals surface area contributed by atoms with Crippen molar-refractivity contribution in [1.82, 2.24) is 29.9 Å². The van der Waals surface area contributed by atoms with E-state index in [9.17, 15) is 0 Å². The van der Waals surface area contributed by atoms with Crippen LogP contribution in [0.25, 0.3) is 0 Å². The number of nitrogens with one attached hydrogen (secondary N) is 1. The molecule has 0 spiro atoms. The van der Waals surface area contributed by atoms with E-state index in [0.29, 0.717) is 12.1 Å². The summed E-state index contributed by atoms with van der Waals surface area (Å²) in [4.78, 5) is 9.40. The minimum atomic E-state index is 0.398. The summed E-state index contributed by atoms with van der Waals surface area (Å²) >= 11 is 0. The second-order valence-electron chi connectivity index (χ2n) is 6.16. The van der Waals surface area contributed by atoms with Crippen molar-refractivity contribution in [3.05, 3.63) is 12.2 Å². The molecule has 1 aliphatic rings. The Morgan fingerprint density at radius 1 is 1.38 bits per heavy atom. The molecule has 0 bridgehead atoms. The minimum absolute atomic E-state index is 0.398. The van der Waals surface area contributed by atoms with Crippen LogP contribution in [0, 0.1) is 0 Å². The van der Waals surface area contributed by atoms with Crippen LogP contribution in [-0.2, 0) is 13.0 Å². The second-order valence-corrected chi connectivity index (χ2v) is 6.16. The van der Waals surface area contributed by atoms with Gasteiger partial charge in [-0.3, -0.25) is 4.68 Å². The lowest BCUT2D eigenvalue weighted by Gasteiger charge is -2.34. The highest BCUT2D eigenvalue weighted by atomic mass is 15.3. The smallest absolute Gasteiger partial charge is 0.138 e. The predicted octanol–water partition coefficient (Wildman–Crippen LogP) is 0.455. The molecule has 0 aliphatic carbocycles. The molecular formula is C15H30N6. The van der Waals surface area contributed by atoms with E-state index in [0.717, 1.165) is 38.3 Å². The first-order chi connectivity index (χ1) is 10.2. The Balaban J connectivity index is 2.08. The molecule has 1 N–H and O–H groups in total. The van der Waals surface area contributed by atoms with E-state index in [1.54, 1.807) is 6.33 Å². The summed E-state index contributed by atoms with van der Waals surface area (Å²) in [7, 11) is 6.52. The van der Waals surface area contributed by atoms with Crippen LogP contribution in [-0.4, -0.2) is 77.4 Å². The van der Waals surface area contributed by atoms with Crippen molar-refractivity contribution >= 4 is 0 Å². The molecule has 2 unspecified atom stereocenters. The average molecular weight is 294 g/mol. The standard InChI is InChI=1S/C15H30N6/c1-5-7-21-15(17-12-18-21)10-13(16-2)14-11-19(3)8-6-9-20(14)4/h12-14,16H,5-11H2,1-4H3. The number of aromatic nitrogens is 3. The Morgan fingerprint density at radius 3 is 2.90 bits per heavy atom. The van der Waals surface area contributed by atoms with Crippen molar-refractivity contribution in [2.75, 3.05) is 40.8 Å². The van der Waals surface area contributed by atoms with Gasteiger partial charge >= 0.3 is 0 Å². The van der Waals surface area contributed by atoms with Crippen molar-refractivity contribution in [3.8, 4) is 0 Å². The summed E-state index contributed by atoms with van der Waals surface area (Å²) < 4.78 is 2.05. The van der Waals surface area contributed by atoms with Crippen LogP contribution in [0.1, 0.15) is 25.6 Å². The maximum atomic E-state index is 4.46. The summed E-state index contributed by atoms with van der Waals surface area (Å²) in [5.41, 5.74) is 0. The summed E-state index contributed by atoms with van der Waals surface area (Å²) in [5.74, 6) is 1.09. The van der Waals surface area contributed by atoms with E-state index in [1.165, 1.54) is 13.0 Å². The predicted molar refractivity (Wildman–Crippen MR) is 85.4 cm³/mol. The van der Waals surface area contributed by atoms with Crippen molar-refractivity contribution in [1.29, 1.82) is 0 Å². The fraction of sp³-hybridized carbons (Fsp3) is 0.867. The summed E-state index contributed by atoms with van der Waals surface area (Å²) in [5, 5.41) is 7.85. The third kappa shape index (κ3) is 4.25. The van der Waals surface area contributed by atoms with Gasteiger partial charge in [-0.25, -0.2) is 4.98 Å². The zero-order valence-electron chi connectivity index (χ0n) is 13.9. The van der Waals surface area contributed by atoms with Crippen molar-refractivity contribution in [2.24, 2.45) is 0 Å². The molecular weight excluding hydrogens is 264 g/mol. The second kappa shape index (κ2) is 7.87. The topological polar surface area (TPSA) is 49.2 Å². The van der Waals surface area contributed by atoms with Gasteiger partial charge in [0.1, 0.15) is 12.2 Å². The van der Waals surface area contributed by atoms with Crippen LogP contribution in [0.4, 0.5) is 0 Å². The van der Waals surface area contributed by atoms with Crippen molar-refractivity contribution in [2.45, 2.75) is 44.8 Å². The number of likely N-dealkylation sites (N-methyl/N-ethyl adjacent to an activating group) is 3. The lowest BCUT2D eigenvalue weighted by molar-refractivity contribution is 0.179. The van der Waals surface area contributed by atoms with E-state index in [-0.39, 0.29) is 0 Å². The number of hydrogen-bond donors (Lipinski definition) is 1. The molecule has 2 atom stereocenters. The lowest BCUT2D eigenvalue weighted by atomic mass is 10.0. The first-order valence-corrected chi connectivity index (χ1v) is 8.08. The van der Waals surface area contributed by atoms with E-state index >= 15 is 0 Å². The van der Waals surface area contributed by atoms with Gasteiger partial charge in [-0.2, -0.15) is 5.10 Å². The van der Waals surface area contributed by atoms with E-state index in [1.807, 2.05) is 4.68 Å². The first kappa shape index (κ1) is 16.4. The number of aryl methyl sites for hydroxylation is 1. The molecule has 2 rings (SSSR count). The maximum absolute atomic E-state index is 4.46. The molecule has 0 aromatic carbocycles. The van der Waals surface area contributed by atoms with Gasteiger partial charge in [-0.15, -0.1) is 0 Å². The van der Waals surface area contributed by atoms with E-state index < -0.39 is 0 Å². The Kier molecular flexibility index (Phi) is 6.14. The molecule has 1 aromatic rings. The van der Waals surface area contributed by atoms with Crippen LogP contribution < -0.4 is 5.32 Å². The van der Waals surface area contributed by atoms with E-state index in [2.05, 4.69) is 53.3 Å². The molecule has 1 saturated heterocycles. The highest BCUT2D eigenvalue weighted by Crippen LogP contribution is 2.13. The van der Waals surface area contributed by atoms with Crippen LogP contribution in [0.2, 0.25) is 0 Å². The van der Waals surface area contributed by atoms with Gasteiger partial charge in [0.05, 0.1) is 0 Å². The normalized spacial score (nSPS) is 23.1. The summed E-state index contributed by atoms with van der Waals surface area (Å²) in [6.07, 6.45) is 4.94. The van der Waals surface area contributed by atoms with Crippen LogP contribution in [0.3, 0.4) is 0 Å². The molecule has 6 heteroatoms. The Morgan fingerprint density at radius 2 is 2.19 bits per heavy atom. The molecule has 2 heterocycles. The van der Waals surface area contributed by atoms with Gasteiger partial charge in [0.2, 0.25) is 0 Å². The molecule has 0 amide bonds. The van der Waals surface area contributed by atoms with Gasteiger partial charge in [-0.05, 0) is 47.1 Å². The van der Waals surface area contributed by atoms with Gasteiger partial charge in [0, 0.05) is 31.6 Å². The quantitative estimate of drug-likeness (QED) is 0.826. The lowest BCUT2D eigenvalue weighted by Crippen LogP contribution is -2.52. The summed E-state index contributed by atoms with van der Waals surface area (Å²) in [6, 6.07) is 0.907. The molecule has 0 saturated carbocycles. The molecule has 1 aromatic heterocycles. The van der Waals surface area contributed by atoms with Crippen LogP contribution in [0.15, 0.2) is 6.33 Å². The van der Waals surface area contributed by atoms with Crippen LogP contribution in [0.5, 0.6) is 0 Å². The SMILES string of the molecule is CCCn1ncnc1CC(NC)C1CN(C)CCCN1C. The zero-order chi connectivity index (χ0) is 15.2. The zero-order valence-corrected chi connectivity index (χ0v) is 13.9. The van der Waals surface area contributed by atoms with E-state index in [4.69, 9.17) is 0 Å². The molecule has 1 fully saturated rings. The Hall–Kier alpha value is -0.980. The molecule has 21 heavy (non-hydrogen) atoms. The highest BCUT2D eigenvalue weighted by molar-refractivity contribution is 4.96. The largest absolute Gasteiger partial charge is 0.315 e. The molecule has 6 nitrogen and oxygen atoms in total. The van der Waals surface area contributed by atoms with Gasteiger partial charge in [-0.1, -0.05) is 6.92 Å². The Bertz CT molecular complexity index is 418. The maximum Gasteiger partial charge on any atom is 0.138 e. The van der Waals surface area contributed by atoms with Crippen molar-refractivity contribution < 1.29 is 0 Å². The molecule has 120 valence electrons. The molecule has 0 radical (unpaired) electrons. The number of hydrogen-bond acceptors (Lipinski definition) is 5. The van der Waals surface area contributed by atoms with Gasteiger partial charge < -0.3 is 15.1 Å². The average Bonchev–Trinajstić information content (AvgIpc) is 2.82. The monoisotopic (exact) mass is 294 g/mol. The van der Waals surface area contributed by atoms with Crippen molar-refractivity contribution in [3.63, 3.8) is 0 Å². The fourth-order valence-corrected chi connectivity index (χ4v) is 3.21. The van der Waals surface area contributed by atoms with Gasteiger partial charge in [0.25, 0.3) is 0 Å². The van der Waals surface area contributed by atoms with Gasteiger partial charge in [0.15, 0.2) is 0 Å². The van der Waals surface area contributed by atoms with Crippen LogP contribution >= 0.6 is 0 Å². The number of nitrogens with zero attached hydrogens (tertiary/aromatic N) is 5. The minimum Gasteiger partial charge on any atom is -0.315 e. The first-order valence-electron chi connectivity index (χ1n) is 8.08. The summed E-state index contributed by atoms with van der Waals surface area (Å²) in [6.45, 7) is 6.57. The number of rotatable bonds is 6. The Labute approximate surface area is 128 Å². The highest BCUT2D eigenvalue weighted by Gasteiger charge is 2.28. The molecule has 1 aliphatic heterocycles. The third-order valence-corrected chi connectivity index (χ3v) is 4.48. The fourth-order valence-electron chi connectivity index (χ4n) is 3.21.